The number of nitrogens with zero attached hydrogens (tertiary/aromatic N) is 6. The number of benzene rings is 2. The number of fused-ring (bicyclic) bond motifs is 1. The molecule has 3 saturated heterocycles. The van der Waals surface area contributed by atoms with Crippen molar-refractivity contribution in [3.8, 4) is 0 Å². The minimum Gasteiger partial charge on any atom is -0.377 e. The van der Waals surface area contributed by atoms with Crippen LogP contribution in [0.25, 0.3) is 10.8 Å². The van der Waals surface area contributed by atoms with Gasteiger partial charge in [0.2, 0.25) is 0 Å². The first-order valence-electron chi connectivity index (χ1n) is 13.2. The van der Waals surface area contributed by atoms with Gasteiger partial charge in [0.05, 0.1) is 6.10 Å². The van der Waals surface area contributed by atoms with E-state index in [0.717, 1.165) is 80.4 Å². The maximum atomic E-state index is 13.3. The Morgan fingerprint density at radius 1 is 0.806 bits per heavy atom. The maximum absolute atomic E-state index is 13.3. The van der Waals surface area contributed by atoms with Gasteiger partial charge in [-0.3, -0.25) is 9.69 Å². The minimum atomic E-state index is 0.103. The van der Waals surface area contributed by atoms with Crippen LogP contribution in [0.5, 0.6) is 0 Å². The van der Waals surface area contributed by atoms with Crippen molar-refractivity contribution >= 4 is 28.3 Å². The maximum Gasteiger partial charge on any atom is 0.254 e. The summed E-state index contributed by atoms with van der Waals surface area (Å²) in [7, 11) is 0. The summed E-state index contributed by atoms with van der Waals surface area (Å²) >= 11 is 0. The number of aromatic nitrogens is 2. The van der Waals surface area contributed by atoms with Crippen LogP contribution in [0.1, 0.15) is 23.2 Å². The summed E-state index contributed by atoms with van der Waals surface area (Å²) in [5.41, 5.74) is 0.779. The van der Waals surface area contributed by atoms with Gasteiger partial charge in [0, 0.05) is 71.1 Å². The normalized spacial score (nSPS) is 21.3. The van der Waals surface area contributed by atoms with E-state index in [1.54, 1.807) is 0 Å². The largest absolute Gasteiger partial charge is 0.377 e. The summed E-state index contributed by atoms with van der Waals surface area (Å²) < 4.78 is 5.79. The third-order valence-electron chi connectivity index (χ3n) is 7.73. The lowest BCUT2D eigenvalue weighted by molar-refractivity contribution is 0.0712. The quantitative estimate of drug-likeness (QED) is 0.550. The van der Waals surface area contributed by atoms with Gasteiger partial charge in [0.1, 0.15) is 0 Å². The van der Waals surface area contributed by atoms with Gasteiger partial charge < -0.3 is 19.4 Å². The number of anilines is 2. The number of ether oxygens (including phenoxy) is 1. The van der Waals surface area contributed by atoms with E-state index in [-0.39, 0.29) is 5.91 Å². The standard InChI is InChI=1S/C28H34N6O2/c35-28(25-9-3-6-22-5-1-2-8-24(22)25)34-18-16-33(17-19-34)27-11-10-26(29-30-27)32-14-12-31(13-15-32)21-23-7-4-20-36-23/h1-3,5-6,8-11,23H,4,7,12-21H2. The molecule has 3 fully saturated rings. The van der Waals surface area contributed by atoms with Crippen LogP contribution in [0.2, 0.25) is 0 Å². The van der Waals surface area contributed by atoms with Crippen LogP contribution >= 0.6 is 0 Å². The van der Waals surface area contributed by atoms with E-state index in [4.69, 9.17) is 4.74 Å². The van der Waals surface area contributed by atoms with Crippen molar-refractivity contribution in [2.75, 3.05) is 75.3 Å². The van der Waals surface area contributed by atoms with Crippen LogP contribution in [0, 0.1) is 0 Å². The fraction of sp³-hybridized carbons (Fsp3) is 0.464. The van der Waals surface area contributed by atoms with Gasteiger partial charge in [0.15, 0.2) is 11.6 Å². The molecule has 0 aliphatic carbocycles. The molecule has 8 nitrogen and oxygen atoms in total. The summed E-state index contributed by atoms with van der Waals surface area (Å²) in [6.45, 7) is 8.85. The van der Waals surface area contributed by atoms with Crippen LogP contribution in [-0.2, 0) is 4.74 Å². The number of rotatable bonds is 5. The Hall–Kier alpha value is -3.23. The van der Waals surface area contributed by atoms with Gasteiger partial charge in [-0.05, 0) is 41.8 Å². The van der Waals surface area contributed by atoms with Gasteiger partial charge >= 0.3 is 0 Å². The number of hydrogen-bond acceptors (Lipinski definition) is 7. The van der Waals surface area contributed by atoms with E-state index in [1.807, 2.05) is 35.2 Å². The predicted molar refractivity (Wildman–Crippen MR) is 142 cm³/mol. The Bertz CT molecular complexity index is 1170. The van der Waals surface area contributed by atoms with Gasteiger partial charge in [-0.15, -0.1) is 10.2 Å². The molecule has 1 amide bonds. The van der Waals surface area contributed by atoms with Crippen LogP contribution in [0.15, 0.2) is 54.6 Å². The molecule has 0 N–H and O–H groups in total. The topological polar surface area (TPSA) is 65.0 Å². The first-order valence-corrected chi connectivity index (χ1v) is 13.2. The summed E-state index contributed by atoms with van der Waals surface area (Å²) in [6.07, 6.45) is 2.80. The molecule has 3 aliphatic rings. The van der Waals surface area contributed by atoms with Crippen LogP contribution in [-0.4, -0.2) is 97.5 Å². The Morgan fingerprint density at radius 3 is 2.14 bits per heavy atom. The van der Waals surface area contributed by atoms with Gasteiger partial charge in [0.25, 0.3) is 5.91 Å². The summed E-state index contributed by atoms with van der Waals surface area (Å²) in [6, 6.07) is 18.2. The molecule has 3 aliphatic heterocycles. The monoisotopic (exact) mass is 486 g/mol. The summed E-state index contributed by atoms with van der Waals surface area (Å²) in [5, 5.41) is 11.2. The molecule has 0 radical (unpaired) electrons. The molecule has 0 saturated carbocycles. The smallest absolute Gasteiger partial charge is 0.254 e. The zero-order valence-electron chi connectivity index (χ0n) is 20.8. The molecule has 4 heterocycles. The Balaban J connectivity index is 1.02. The van der Waals surface area contributed by atoms with Crippen LogP contribution < -0.4 is 9.80 Å². The van der Waals surface area contributed by atoms with Crippen molar-refractivity contribution in [2.24, 2.45) is 0 Å². The van der Waals surface area contributed by atoms with E-state index >= 15 is 0 Å². The predicted octanol–water partition coefficient (Wildman–Crippen LogP) is 2.89. The molecule has 2 aromatic carbocycles. The van der Waals surface area contributed by atoms with Crippen molar-refractivity contribution in [1.29, 1.82) is 0 Å². The number of amides is 1. The molecule has 1 atom stereocenters. The van der Waals surface area contributed by atoms with Crippen molar-refractivity contribution < 1.29 is 9.53 Å². The van der Waals surface area contributed by atoms with Crippen LogP contribution in [0.3, 0.4) is 0 Å². The van der Waals surface area contributed by atoms with Gasteiger partial charge in [-0.2, -0.15) is 0 Å². The molecular formula is C28H34N6O2. The minimum absolute atomic E-state index is 0.103. The zero-order valence-corrected chi connectivity index (χ0v) is 20.8. The molecule has 1 aromatic heterocycles. The first-order chi connectivity index (χ1) is 17.7. The second-order valence-corrected chi connectivity index (χ2v) is 9.98. The Morgan fingerprint density at radius 2 is 1.47 bits per heavy atom. The van der Waals surface area contributed by atoms with Crippen molar-refractivity contribution in [1.82, 2.24) is 20.0 Å². The zero-order chi connectivity index (χ0) is 24.3. The second-order valence-electron chi connectivity index (χ2n) is 9.98. The lowest BCUT2D eigenvalue weighted by atomic mass is 10.0. The highest BCUT2D eigenvalue weighted by Crippen LogP contribution is 2.23. The number of hydrogen-bond donors (Lipinski definition) is 0. The van der Waals surface area contributed by atoms with E-state index in [2.05, 4.69) is 49.2 Å². The third-order valence-corrected chi connectivity index (χ3v) is 7.73. The number of carbonyl (C=O) groups is 1. The molecular weight excluding hydrogens is 452 g/mol. The summed E-state index contributed by atoms with van der Waals surface area (Å²) in [5.74, 6) is 1.93. The SMILES string of the molecule is O=C(c1cccc2ccccc12)N1CCN(c2ccc(N3CCN(CC4CCCO4)CC3)nn2)CC1. The van der Waals surface area contributed by atoms with Crippen molar-refractivity contribution in [2.45, 2.75) is 18.9 Å². The fourth-order valence-electron chi connectivity index (χ4n) is 5.61. The lowest BCUT2D eigenvalue weighted by Gasteiger charge is -2.37. The van der Waals surface area contributed by atoms with E-state index in [9.17, 15) is 4.79 Å². The Kier molecular flexibility index (Phi) is 6.70. The second kappa shape index (κ2) is 10.4. The van der Waals surface area contributed by atoms with E-state index in [0.29, 0.717) is 19.2 Å². The Labute approximate surface area is 212 Å². The van der Waals surface area contributed by atoms with E-state index < -0.39 is 0 Å². The van der Waals surface area contributed by atoms with E-state index in [1.165, 1.54) is 12.8 Å². The van der Waals surface area contributed by atoms with Crippen molar-refractivity contribution in [3.05, 3.63) is 60.2 Å². The van der Waals surface area contributed by atoms with Crippen molar-refractivity contribution in [3.63, 3.8) is 0 Å². The van der Waals surface area contributed by atoms with Gasteiger partial charge in [-0.1, -0.05) is 36.4 Å². The molecule has 0 bridgehead atoms. The summed E-state index contributed by atoms with van der Waals surface area (Å²) in [4.78, 5) is 22.3. The molecule has 3 aromatic rings. The number of carbonyl (C=O) groups excluding carboxylic acids is 1. The molecule has 8 heteroatoms. The average molecular weight is 487 g/mol. The highest BCUT2D eigenvalue weighted by Gasteiger charge is 2.26. The highest BCUT2D eigenvalue weighted by atomic mass is 16.5. The molecule has 188 valence electrons. The molecule has 1 unspecified atom stereocenters. The fourth-order valence-corrected chi connectivity index (χ4v) is 5.61. The highest BCUT2D eigenvalue weighted by molar-refractivity contribution is 6.07. The molecule has 36 heavy (non-hydrogen) atoms. The van der Waals surface area contributed by atoms with Gasteiger partial charge in [-0.25, -0.2) is 0 Å². The lowest BCUT2D eigenvalue weighted by Crippen LogP contribution is -2.49. The first kappa shape index (κ1) is 23.2. The molecule has 0 spiro atoms. The molecule has 6 rings (SSSR count). The van der Waals surface area contributed by atoms with Crippen LogP contribution in [0.4, 0.5) is 11.6 Å². The third kappa shape index (κ3) is 4.88. The number of piperazine rings is 2. The average Bonchev–Trinajstić information content (AvgIpc) is 3.46.